The van der Waals surface area contributed by atoms with E-state index in [1.165, 1.54) is 17.3 Å². The van der Waals surface area contributed by atoms with Gasteiger partial charge >= 0.3 is 6.18 Å². The first-order chi connectivity index (χ1) is 23.1. The zero-order chi connectivity index (χ0) is 34.0. The topological polar surface area (TPSA) is 151 Å². The highest BCUT2D eigenvalue weighted by Gasteiger charge is 2.41. The van der Waals surface area contributed by atoms with Gasteiger partial charge in [-0.1, -0.05) is 0 Å². The van der Waals surface area contributed by atoms with E-state index in [-0.39, 0.29) is 48.9 Å². The Morgan fingerprint density at radius 1 is 1.06 bits per heavy atom. The summed E-state index contributed by atoms with van der Waals surface area (Å²) in [7, 11) is 1.77. The molecule has 0 bridgehead atoms. The third-order valence-electron chi connectivity index (χ3n) is 8.54. The summed E-state index contributed by atoms with van der Waals surface area (Å²) in [6.07, 6.45) is -1.50. The number of nitriles is 3. The predicted octanol–water partition coefficient (Wildman–Crippen LogP) is 5.66. The van der Waals surface area contributed by atoms with Crippen molar-refractivity contribution >= 4 is 17.5 Å². The summed E-state index contributed by atoms with van der Waals surface area (Å²) in [6.45, 7) is 1.17. The highest BCUT2D eigenvalue weighted by Crippen LogP contribution is 2.41. The van der Waals surface area contributed by atoms with Crippen molar-refractivity contribution in [3.05, 3.63) is 76.6 Å². The summed E-state index contributed by atoms with van der Waals surface area (Å²) in [6, 6.07) is 17.4. The number of amides is 1. The van der Waals surface area contributed by atoms with Gasteiger partial charge in [0.05, 0.1) is 48.2 Å². The van der Waals surface area contributed by atoms with Gasteiger partial charge in [-0.3, -0.25) is 14.6 Å². The largest absolute Gasteiger partial charge is 0.416 e. The number of nitrogens with zero attached hydrogens (tertiary/aromatic N) is 9. The Morgan fingerprint density at radius 3 is 2.60 bits per heavy atom. The van der Waals surface area contributed by atoms with Gasteiger partial charge in [0.15, 0.2) is 5.82 Å². The number of aryl methyl sites for hydroxylation is 1. The van der Waals surface area contributed by atoms with Gasteiger partial charge in [-0.15, -0.1) is 10.2 Å². The number of rotatable bonds is 8. The smallest absolute Gasteiger partial charge is 0.369 e. The molecule has 6 rings (SSSR count). The van der Waals surface area contributed by atoms with E-state index in [0.29, 0.717) is 52.5 Å². The fourth-order valence-corrected chi connectivity index (χ4v) is 6.28. The van der Waals surface area contributed by atoms with Crippen molar-refractivity contribution < 1.29 is 18.0 Å². The number of halogens is 3. The first-order valence-electron chi connectivity index (χ1n) is 15.3. The van der Waals surface area contributed by atoms with Crippen molar-refractivity contribution in [1.82, 2.24) is 24.6 Å². The molecule has 0 aliphatic carbocycles. The lowest BCUT2D eigenvalue weighted by molar-refractivity contribution is -0.138. The van der Waals surface area contributed by atoms with Crippen molar-refractivity contribution in [1.29, 1.82) is 15.8 Å². The second-order valence-electron chi connectivity index (χ2n) is 11.8. The van der Waals surface area contributed by atoms with E-state index >= 15 is 0 Å². The molecule has 1 saturated heterocycles. The van der Waals surface area contributed by atoms with Crippen LogP contribution in [0.15, 0.2) is 48.8 Å². The number of pyridine rings is 1. The molecule has 14 heteroatoms. The molecule has 2 aromatic carbocycles. The minimum atomic E-state index is -4.71. The lowest BCUT2D eigenvalue weighted by Crippen LogP contribution is -2.34. The molecule has 2 aliphatic rings. The predicted molar refractivity (Wildman–Crippen MR) is 169 cm³/mol. The number of likely N-dealkylation sites (tertiary alicyclic amines) is 1. The average Bonchev–Trinajstić information content (AvgIpc) is 3.66. The van der Waals surface area contributed by atoms with E-state index in [9.17, 15) is 28.5 Å². The van der Waals surface area contributed by atoms with Gasteiger partial charge in [0.2, 0.25) is 0 Å². The van der Waals surface area contributed by atoms with Crippen LogP contribution in [-0.2, 0) is 26.3 Å². The standard InChI is InChI=1S/C34H29F3N10O/c1-45-20-42-44-32(45)25-6-5-21(15-39)10-26(25)24-13-30(41-8-3-7-38)43-31(14-24)47-19-28-27(33(47)48)11-23(12-29(28)34(35,36)37)18-46-9-2-4-22(16-40)17-46/h5-6,10-14,20,22H,2-4,8-9,17-19H2,1H3,(H,41,43). The zero-order valence-electron chi connectivity index (χ0n) is 25.9. The number of piperidine rings is 1. The van der Waals surface area contributed by atoms with Gasteiger partial charge in [0.25, 0.3) is 5.91 Å². The van der Waals surface area contributed by atoms with Gasteiger partial charge < -0.3 is 9.88 Å². The van der Waals surface area contributed by atoms with Crippen LogP contribution >= 0.6 is 0 Å². The number of aromatic nitrogens is 4. The summed E-state index contributed by atoms with van der Waals surface area (Å²) < 4.78 is 45.2. The summed E-state index contributed by atoms with van der Waals surface area (Å²) in [5.74, 6) is 0.0832. The van der Waals surface area contributed by atoms with Gasteiger partial charge in [-0.2, -0.15) is 29.0 Å². The molecule has 4 heterocycles. The Hall–Kier alpha value is -5.78. The van der Waals surface area contributed by atoms with Crippen molar-refractivity contribution in [2.75, 3.05) is 29.9 Å². The first kappa shape index (κ1) is 32.2. The van der Waals surface area contributed by atoms with Crippen LogP contribution in [0.25, 0.3) is 22.5 Å². The van der Waals surface area contributed by atoms with E-state index < -0.39 is 17.6 Å². The maximum atomic E-state index is 14.5. The summed E-state index contributed by atoms with van der Waals surface area (Å²) >= 11 is 0. The highest BCUT2D eigenvalue weighted by molar-refractivity contribution is 6.10. The van der Waals surface area contributed by atoms with E-state index in [2.05, 4.69) is 32.6 Å². The van der Waals surface area contributed by atoms with Crippen LogP contribution in [0.5, 0.6) is 0 Å². The number of nitrogens with one attached hydrogen (secondary N) is 1. The SMILES string of the molecule is Cn1cnnc1-c1ccc(C#N)cc1-c1cc(NCCC#N)nc(N2Cc3c(cc(CN4CCCC(C#N)C4)cc3C(F)(F)F)C2=O)c1. The van der Waals surface area contributed by atoms with Gasteiger partial charge in [0, 0.05) is 37.8 Å². The van der Waals surface area contributed by atoms with Crippen molar-refractivity contribution in [3.8, 4) is 40.7 Å². The van der Waals surface area contributed by atoms with Crippen LogP contribution in [-0.4, -0.2) is 50.2 Å². The van der Waals surface area contributed by atoms with Crippen LogP contribution in [0.2, 0.25) is 0 Å². The Bertz CT molecular complexity index is 2020. The lowest BCUT2D eigenvalue weighted by atomic mass is 9.96. The molecule has 1 unspecified atom stereocenters. The normalized spacial score (nSPS) is 16.2. The third kappa shape index (κ3) is 6.41. The molecule has 2 aliphatic heterocycles. The van der Waals surface area contributed by atoms with Crippen LogP contribution in [0.4, 0.5) is 24.8 Å². The molecule has 1 N–H and O–H groups in total. The van der Waals surface area contributed by atoms with E-state index in [1.807, 2.05) is 11.0 Å². The zero-order valence-corrected chi connectivity index (χ0v) is 25.9. The number of carbonyl (C=O) groups excluding carboxylic acids is 1. The van der Waals surface area contributed by atoms with Crippen LogP contribution in [0.3, 0.4) is 0 Å². The van der Waals surface area contributed by atoms with E-state index in [0.717, 1.165) is 18.9 Å². The number of anilines is 2. The molecule has 242 valence electrons. The maximum Gasteiger partial charge on any atom is 0.416 e. The fourth-order valence-electron chi connectivity index (χ4n) is 6.28. The Balaban J connectivity index is 1.43. The summed E-state index contributed by atoms with van der Waals surface area (Å²) in [5, 5.41) is 39.4. The fraction of sp³-hybridized carbons (Fsp3) is 0.324. The minimum Gasteiger partial charge on any atom is -0.369 e. The quantitative estimate of drug-likeness (QED) is 0.238. The lowest BCUT2D eigenvalue weighted by Gasteiger charge is -2.29. The Morgan fingerprint density at radius 2 is 1.90 bits per heavy atom. The molecule has 1 fully saturated rings. The molecule has 2 aromatic heterocycles. The third-order valence-corrected chi connectivity index (χ3v) is 8.54. The van der Waals surface area contributed by atoms with Gasteiger partial charge in [0.1, 0.15) is 18.0 Å². The minimum absolute atomic E-state index is 0.0499. The van der Waals surface area contributed by atoms with Crippen molar-refractivity contribution in [3.63, 3.8) is 0 Å². The second kappa shape index (κ2) is 13.1. The summed E-state index contributed by atoms with van der Waals surface area (Å²) in [5.41, 5.74) is 1.35. The van der Waals surface area contributed by atoms with Crippen molar-refractivity contribution in [2.45, 2.75) is 38.5 Å². The molecule has 4 aromatic rings. The van der Waals surface area contributed by atoms with Crippen molar-refractivity contribution in [2.24, 2.45) is 13.0 Å². The number of alkyl halides is 3. The molecular weight excluding hydrogens is 621 g/mol. The molecule has 0 spiro atoms. The average molecular weight is 651 g/mol. The molecule has 48 heavy (non-hydrogen) atoms. The molecule has 1 atom stereocenters. The number of carbonyl (C=O) groups is 1. The Labute approximate surface area is 274 Å². The molecule has 11 nitrogen and oxygen atoms in total. The number of hydrogen-bond acceptors (Lipinski definition) is 9. The van der Waals surface area contributed by atoms with Crippen LogP contribution in [0, 0.1) is 39.9 Å². The Kier molecular flexibility index (Phi) is 8.81. The number of hydrogen-bond donors (Lipinski definition) is 1. The second-order valence-corrected chi connectivity index (χ2v) is 11.8. The van der Waals surface area contributed by atoms with Crippen LogP contribution < -0.4 is 10.2 Å². The molecular formula is C34H29F3N10O. The molecule has 0 saturated carbocycles. The number of benzene rings is 2. The van der Waals surface area contributed by atoms with E-state index in [1.54, 1.807) is 41.9 Å². The number of fused-ring (bicyclic) bond motifs is 1. The highest BCUT2D eigenvalue weighted by atomic mass is 19.4. The molecule has 0 radical (unpaired) electrons. The van der Waals surface area contributed by atoms with E-state index in [4.69, 9.17) is 5.26 Å². The monoisotopic (exact) mass is 650 g/mol. The van der Waals surface area contributed by atoms with Gasteiger partial charge in [-0.25, -0.2) is 4.98 Å². The maximum absolute atomic E-state index is 14.5. The first-order valence-corrected chi connectivity index (χ1v) is 15.3. The summed E-state index contributed by atoms with van der Waals surface area (Å²) in [4.78, 5) is 21.7. The van der Waals surface area contributed by atoms with Gasteiger partial charge in [-0.05, 0) is 84.1 Å². The molecule has 1 amide bonds. The van der Waals surface area contributed by atoms with Crippen LogP contribution in [0.1, 0.15) is 51.9 Å².